The fourth-order valence-corrected chi connectivity index (χ4v) is 0.796. The maximum Gasteiger partial charge on any atom is 0.199 e. The summed E-state index contributed by atoms with van der Waals surface area (Å²) in [7, 11) is 0. The van der Waals surface area contributed by atoms with Crippen molar-refractivity contribution in [3.8, 4) is 0 Å². The first kappa shape index (κ1) is 5.98. The molecular weight excluding hydrogens is 111 g/mol. The molecule has 0 radical (unpaired) electrons. The van der Waals surface area contributed by atoms with E-state index in [4.69, 9.17) is 5.11 Å². The molecule has 1 heterocycles. The summed E-state index contributed by atoms with van der Waals surface area (Å²) < 4.78 is 16.6. The predicted octanol–water partition coefficient (Wildman–Crippen LogP) is 0.453. The van der Waals surface area contributed by atoms with Crippen molar-refractivity contribution in [3.05, 3.63) is 0 Å². The van der Waals surface area contributed by atoms with Gasteiger partial charge in [0, 0.05) is 6.42 Å². The lowest BCUT2D eigenvalue weighted by Gasteiger charge is -2.02. The molecule has 1 aliphatic heterocycles. The van der Waals surface area contributed by atoms with Gasteiger partial charge >= 0.3 is 0 Å². The number of alkyl halides is 1. The first-order chi connectivity index (χ1) is 3.83. The maximum atomic E-state index is 12.0. The second-order valence-electron chi connectivity index (χ2n) is 1.93. The maximum absolute atomic E-state index is 12.0. The third kappa shape index (κ3) is 1.17. The fourth-order valence-electron chi connectivity index (χ4n) is 0.796. The number of halogens is 1. The van der Waals surface area contributed by atoms with Crippen LogP contribution in [-0.2, 0) is 4.74 Å². The smallest absolute Gasteiger partial charge is 0.199 e. The molecule has 0 saturated carbocycles. The zero-order valence-electron chi connectivity index (χ0n) is 4.51. The Hall–Kier alpha value is -0.150. The normalized spacial score (nSPS) is 38.2. The van der Waals surface area contributed by atoms with Crippen molar-refractivity contribution in [2.75, 3.05) is 6.61 Å². The van der Waals surface area contributed by atoms with E-state index in [9.17, 15) is 4.39 Å². The minimum absolute atomic E-state index is 0.0551. The van der Waals surface area contributed by atoms with Crippen LogP contribution in [0.15, 0.2) is 0 Å². The van der Waals surface area contributed by atoms with Gasteiger partial charge in [-0.25, -0.2) is 4.39 Å². The molecule has 1 rings (SSSR count). The van der Waals surface area contributed by atoms with E-state index in [1.165, 1.54) is 0 Å². The molecule has 0 spiro atoms. The summed E-state index contributed by atoms with van der Waals surface area (Å²) in [5, 5.41) is 8.39. The molecular formula is C5H9FO2. The topological polar surface area (TPSA) is 29.5 Å². The Morgan fingerprint density at radius 2 is 2.38 bits per heavy atom. The summed E-state index contributed by atoms with van der Waals surface area (Å²) in [6, 6.07) is 0. The molecule has 0 aromatic rings. The van der Waals surface area contributed by atoms with E-state index >= 15 is 0 Å². The standard InChI is InChI=1S/C5H9FO2/c6-5-2-1-4(3-7)8-5/h4-5,7H,1-3H2. The highest BCUT2D eigenvalue weighted by atomic mass is 19.1. The van der Waals surface area contributed by atoms with Crippen LogP contribution in [0.1, 0.15) is 12.8 Å². The predicted molar refractivity (Wildman–Crippen MR) is 26.1 cm³/mol. The first-order valence-corrected chi connectivity index (χ1v) is 2.73. The number of hydrogen-bond donors (Lipinski definition) is 1. The van der Waals surface area contributed by atoms with Crippen LogP contribution in [0.2, 0.25) is 0 Å². The van der Waals surface area contributed by atoms with Crippen molar-refractivity contribution < 1.29 is 14.2 Å². The largest absolute Gasteiger partial charge is 0.394 e. The third-order valence-electron chi connectivity index (χ3n) is 1.26. The lowest BCUT2D eigenvalue weighted by molar-refractivity contribution is -0.0514. The van der Waals surface area contributed by atoms with Crippen molar-refractivity contribution >= 4 is 0 Å². The Balaban J connectivity index is 2.22. The second-order valence-corrected chi connectivity index (χ2v) is 1.93. The monoisotopic (exact) mass is 120 g/mol. The lowest BCUT2D eigenvalue weighted by Crippen LogP contribution is -2.11. The molecule has 48 valence electrons. The number of hydrogen-bond acceptors (Lipinski definition) is 2. The average Bonchev–Trinajstić information content (AvgIpc) is 2.14. The molecule has 2 unspecified atom stereocenters. The van der Waals surface area contributed by atoms with Crippen LogP contribution in [0.5, 0.6) is 0 Å². The second kappa shape index (κ2) is 2.42. The fraction of sp³-hybridized carbons (Fsp3) is 1.00. The summed E-state index contributed by atoms with van der Waals surface area (Å²) in [5.41, 5.74) is 0. The van der Waals surface area contributed by atoms with Gasteiger partial charge in [-0.3, -0.25) is 0 Å². The Bertz CT molecular complexity index is 76.8. The van der Waals surface area contributed by atoms with Crippen LogP contribution in [0.25, 0.3) is 0 Å². The van der Waals surface area contributed by atoms with Crippen LogP contribution in [0.3, 0.4) is 0 Å². The number of rotatable bonds is 1. The number of ether oxygens (including phenoxy) is 1. The van der Waals surface area contributed by atoms with E-state index in [2.05, 4.69) is 4.74 Å². The van der Waals surface area contributed by atoms with Gasteiger partial charge in [0.25, 0.3) is 0 Å². The molecule has 1 N–H and O–H groups in total. The molecule has 1 aliphatic rings. The molecule has 2 nitrogen and oxygen atoms in total. The molecule has 1 saturated heterocycles. The molecule has 0 amide bonds. The first-order valence-electron chi connectivity index (χ1n) is 2.73. The van der Waals surface area contributed by atoms with E-state index in [1.54, 1.807) is 0 Å². The molecule has 0 aromatic carbocycles. The van der Waals surface area contributed by atoms with E-state index in [1.807, 2.05) is 0 Å². The van der Waals surface area contributed by atoms with Gasteiger partial charge in [-0.1, -0.05) is 0 Å². The summed E-state index contributed by atoms with van der Waals surface area (Å²) in [4.78, 5) is 0. The number of aliphatic hydroxyl groups excluding tert-OH is 1. The van der Waals surface area contributed by atoms with Crippen molar-refractivity contribution in [2.24, 2.45) is 0 Å². The summed E-state index contributed by atoms with van der Waals surface area (Å²) in [6.07, 6.45) is -0.291. The van der Waals surface area contributed by atoms with Crippen molar-refractivity contribution in [2.45, 2.75) is 25.3 Å². The molecule has 0 bridgehead atoms. The number of aliphatic hydroxyl groups is 1. The lowest BCUT2D eigenvalue weighted by atomic mass is 10.2. The van der Waals surface area contributed by atoms with Gasteiger partial charge in [0.15, 0.2) is 6.36 Å². The van der Waals surface area contributed by atoms with Gasteiger partial charge in [0.05, 0.1) is 12.7 Å². The Labute approximate surface area is 47.3 Å². The molecule has 3 heteroatoms. The van der Waals surface area contributed by atoms with Crippen LogP contribution in [0.4, 0.5) is 4.39 Å². The van der Waals surface area contributed by atoms with E-state index in [0.29, 0.717) is 12.8 Å². The molecule has 1 fully saturated rings. The average molecular weight is 120 g/mol. The van der Waals surface area contributed by atoms with Gasteiger partial charge in [-0.2, -0.15) is 0 Å². The SMILES string of the molecule is OCC1CCC(F)O1. The van der Waals surface area contributed by atoms with Crippen molar-refractivity contribution in [3.63, 3.8) is 0 Å². The van der Waals surface area contributed by atoms with Gasteiger partial charge in [-0.15, -0.1) is 0 Å². The van der Waals surface area contributed by atoms with Crippen molar-refractivity contribution in [1.82, 2.24) is 0 Å². The van der Waals surface area contributed by atoms with Crippen LogP contribution in [-0.4, -0.2) is 24.2 Å². The van der Waals surface area contributed by atoms with E-state index in [-0.39, 0.29) is 12.7 Å². The highest BCUT2D eigenvalue weighted by Gasteiger charge is 2.23. The highest BCUT2D eigenvalue weighted by molar-refractivity contribution is 4.65. The Kier molecular flexibility index (Phi) is 1.81. The quantitative estimate of drug-likeness (QED) is 0.544. The van der Waals surface area contributed by atoms with Crippen LogP contribution >= 0.6 is 0 Å². The van der Waals surface area contributed by atoms with Gasteiger partial charge in [-0.05, 0) is 6.42 Å². The van der Waals surface area contributed by atoms with Gasteiger partial charge < -0.3 is 9.84 Å². The van der Waals surface area contributed by atoms with Gasteiger partial charge in [0.2, 0.25) is 0 Å². The third-order valence-corrected chi connectivity index (χ3v) is 1.26. The molecule has 8 heavy (non-hydrogen) atoms. The molecule has 0 aromatic heterocycles. The zero-order chi connectivity index (χ0) is 5.98. The molecule has 2 atom stereocenters. The molecule has 0 aliphatic carbocycles. The van der Waals surface area contributed by atoms with E-state index in [0.717, 1.165) is 0 Å². The Morgan fingerprint density at radius 3 is 2.62 bits per heavy atom. The van der Waals surface area contributed by atoms with E-state index < -0.39 is 6.36 Å². The minimum Gasteiger partial charge on any atom is -0.394 e. The van der Waals surface area contributed by atoms with Crippen molar-refractivity contribution in [1.29, 1.82) is 0 Å². The minimum atomic E-state index is -1.13. The summed E-state index contributed by atoms with van der Waals surface area (Å²) >= 11 is 0. The Morgan fingerprint density at radius 1 is 1.62 bits per heavy atom. The van der Waals surface area contributed by atoms with Crippen LogP contribution in [0, 0.1) is 0 Å². The highest BCUT2D eigenvalue weighted by Crippen LogP contribution is 2.19. The van der Waals surface area contributed by atoms with Gasteiger partial charge in [0.1, 0.15) is 0 Å². The zero-order valence-corrected chi connectivity index (χ0v) is 4.51. The summed E-state index contributed by atoms with van der Waals surface area (Å²) in [6.45, 7) is -0.0551. The summed E-state index contributed by atoms with van der Waals surface area (Å²) in [5.74, 6) is 0. The van der Waals surface area contributed by atoms with Crippen LogP contribution < -0.4 is 0 Å².